The Morgan fingerprint density at radius 3 is 2.67 bits per heavy atom. The third kappa shape index (κ3) is 3.84. The summed E-state index contributed by atoms with van der Waals surface area (Å²) >= 11 is 0. The van der Waals surface area contributed by atoms with E-state index in [0.29, 0.717) is 19.4 Å². The molecule has 18 heavy (non-hydrogen) atoms. The third-order valence-corrected chi connectivity index (χ3v) is 3.04. The molecule has 0 amide bonds. The summed E-state index contributed by atoms with van der Waals surface area (Å²) in [6.45, 7) is 1.09. The molecule has 2 atom stereocenters. The van der Waals surface area contributed by atoms with Crippen molar-refractivity contribution in [3.8, 4) is 0 Å². The fraction of sp³-hybridized carbons (Fsp3) is 0.909. The lowest BCUT2D eigenvalue weighted by Gasteiger charge is -2.27. The summed E-state index contributed by atoms with van der Waals surface area (Å²) in [6, 6.07) is 0. The first-order valence-corrected chi connectivity index (χ1v) is 5.85. The number of carbonyl (C=O) groups is 1. The van der Waals surface area contributed by atoms with Crippen LogP contribution in [0.4, 0.5) is 13.2 Å². The molecule has 1 rings (SSSR count). The van der Waals surface area contributed by atoms with E-state index in [1.165, 1.54) is 7.11 Å². The number of likely N-dealkylation sites (N-methyl/N-ethyl adjacent to an activating group) is 1. The molecule has 1 fully saturated rings. The van der Waals surface area contributed by atoms with E-state index in [9.17, 15) is 18.0 Å². The number of rotatable bonds is 5. The van der Waals surface area contributed by atoms with Crippen LogP contribution in [0, 0.1) is 0 Å². The van der Waals surface area contributed by atoms with Crippen LogP contribution in [0.5, 0.6) is 0 Å². The number of alkyl halides is 3. The summed E-state index contributed by atoms with van der Waals surface area (Å²) in [5, 5.41) is 3.00. The molecule has 7 heteroatoms. The van der Waals surface area contributed by atoms with Gasteiger partial charge in [-0.2, -0.15) is 13.2 Å². The fourth-order valence-corrected chi connectivity index (χ4v) is 2.31. The van der Waals surface area contributed by atoms with Crippen LogP contribution in [-0.4, -0.2) is 44.0 Å². The van der Waals surface area contributed by atoms with Gasteiger partial charge >= 0.3 is 12.1 Å². The largest absolute Gasteiger partial charge is 0.468 e. The highest BCUT2D eigenvalue weighted by molar-refractivity contribution is 5.81. The highest BCUT2D eigenvalue weighted by atomic mass is 19.4. The van der Waals surface area contributed by atoms with Crippen LogP contribution < -0.4 is 5.32 Å². The summed E-state index contributed by atoms with van der Waals surface area (Å²) in [7, 11) is 1.27. The number of nitrogens with one attached hydrogen (secondary N) is 1. The van der Waals surface area contributed by atoms with E-state index in [1.807, 2.05) is 6.92 Å². The number of halogens is 3. The molecule has 0 spiro atoms. The number of carbonyl (C=O) groups excluding carboxylic acids is 1. The standard InChI is InChI=1S/C11H18F3NO3/c1-3-15-10(9(16)17-2)5-4-8(6-10)18-7-11(12,13)14/h8,15H,3-7H2,1-2H3. The molecule has 0 heterocycles. The summed E-state index contributed by atoms with van der Waals surface area (Å²) in [5.41, 5.74) is -0.903. The van der Waals surface area contributed by atoms with Crippen molar-refractivity contribution < 1.29 is 27.4 Å². The highest BCUT2D eigenvalue weighted by Crippen LogP contribution is 2.34. The zero-order valence-corrected chi connectivity index (χ0v) is 10.5. The van der Waals surface area contributed by atoms with Gasteiger partial charge in [-0.25, -0.2) is 0 Å². The van der Waals surface area contributed by atoms with Crippen molar-refractivity contribution in [3.05, 3.63) is 0 Å². The van der Waals surface area contributed by atoms with Crippen molar-refractivity contribution >= 4 is 5.97 Å². The highest BCUT2D eigenvalue weighted by Gasteiger charge is 2.46. The van der Waals surface area contributed by atoms with Crippen molar-refractivity contribution in [2.24, 2.45) is 0 Å². The van der Waals surface area contributed by atoms with Gasteiger partial charge in [-0.15, -0.1) is 0 Å². The average Bonchev–Trinajstić information content (AvgIpc) is 2.70. The topological polar surface area (TPSA) is 47.6 Å². The van der Waals surface area contributed by atoms with Crippen molar-refractivity contribution in [1.82, 2.24) is 5.32 Å². The molecule has 0 bridgehead atoms. The van der Waals surface area contributed by atoms with E-state index in [4.69, 9.17) is 9.47 Å². The Labute approximate surface area is 104 Å². The summed E-state index contributed by atoms with van der Waals surface area (Å²) < 4.78 is 45.6. The van der Waals surface area contributed by atoms with E-state index in [-0.39, 0.29) is 6.42 Å². The minimum atomic E-state index is -4.34. The summed E-state index contributed by atoms with van der Waals surface area (Å²) in [6.07, 6.45) is -3.85. The molecule has 0 saturated heterocycles. The van der Waals surface area contributed by atoms with Crippen LogP contribution in [0.2, 0.25) is 0 Å². The third-order valence-electron chi connectivity index (χ3n) is 3.04. The number of hydrogen-bond acceptors (Lipinski definition) is 4. The zero-order chi connectivity index (χ0) is 13.8. The van der Waals surface area contributed by atoms with Gasteiger partial charge in [0.1, 0.15) is 12.1 Å². The SMILES string of the molecule is CCNC1(C(=O)OC)CCC(OCC(F)(F)F)C1. The number of hydrogen-bond donors (Lipinski definition) is 1. The van der Waals surface area contributed by atoms with E-state index in [2.05, 4.69) is 5.32 Å². The van der Waals surface area contributed by atoms with Gasteiger partial charge in [0.2, 0.25) is 0 Å². The zero-order valence-electron chi connectivity index (χ0n) is 10.5. The summed E-state index contributed by atoms with van der Waals surface area (Å²) in [4.78, 5) is 11.7. The van der Waals surface area contributed by atoms with Crippen molar-refractivity contribution in [2.45, 2.75) is 44.0 Å². The molecule has 1 N–H and O–H groups in total. The second-order valence-corrected chi connectivity index (χ2v) is 4.40. The van der Waals surface area contributed by atoms with Gasteiger partial charge in [0.25, 0.3) is 0 Å². The minimum Gasteiger partial charge on any atom is -0.468 e. The van der Waals surface area contributed by atoms with Gasteiger partial charge in [-0.05, 0) is 19.4 Å². The predicted molar refractivity (Wildman–Crippen MR) is 58.1 cm³/mol. The molecule has 1 saturated carbocycles. The second kappa shape index (κ2) is 5.88. The first-order valence-electron chi connectivity index (χ1n) is 5.85. The number of methoxy groups -OCH3 is 1. The molecular weight excluding hydrogens is 251 g/mol. The van der Waals surface area contributed by atoms with Gasteiger partial charge < -0.3 is 14.8 Å². The van der Waals surface area contributed by atoms with Crippen LogP contribution in [0.15, 0.2) is 0 Å². The minimum absolute atomic E-state index is 0.212. The molecule has 0 aromatic rings. The maximum atomic E-state index is 12.0. The van der Waals surface area contributed by atoms with Gasteiger partial charge in [-0.3, -0.25) is 4.79 Å². The van der Waals surface area contributed by atoms with Crippen LogP contribution in [0.1, 0.15) is 26.2 Å². The molecule has 1 aliphatic rings. The molecule has 0 radical (unpaired) electrons. The van der Waals surface area contributed by atoms with Crippen LogP contribution in [-0.2, 0) is 14.3 Å². The molecule has 1 aliphatic carbocycles. The maximum Gasteiger partial charge on any atom is 0.411 e. The molecule has 4 nitrogen and oxygen atoms in total. The first-order chi connectivity index (χ1) is 8.33. The quantitative estimate of drug-likeness (QED) is 0.771. The lowest BCUT2D eigenvalue weighted by Crippen LogP contribution is -2.51. The Morgan fingerprint density at radius 2 is 2.17 bits per heavy atom. The number of ether oxygens (including phenoxy) is 2. The predicted octanol–water partition coefficient (Wildman–Crippen LogP) is 1.64. The molecule has 106 valence electrons. The van der Waals surface area contributed by atoms with Gasteiger partial charge in [0.15, 0.2) is 0 Å². The Morgan fingerprint density at radius 1 is 1.50 bits per heavy atom. The first kappa shape index (κ1) is 15.2. The van der Waals surface area contributed by atoms with Gasteiger partial charge in [0, 0.05) is 6.42 Å². The Bertz CT molecular complexity index is 296. The molecule has 0 aliphatic heterocycles. The molecular formula is C11H18F3NO3. The van der Waals surface area contributed by atoms with E-state index in [0.717, 1.165) is 0 Å². The Balaban J connectivity index is 2.57. The maximum absolute atomic E-state index is 12.0. The molecule has 0 aromatic carbocycles. The van der Waals surface area contributed by atoms with Crippen molar-refractivity contribution in [3.63, 3.8) is 0 Å². The Hall–Kier alpha value is -0.820. The van der Waals surface area contributed by atoms with Crippen LogP contribution >= 0.6 is 0 Å². The second-order valence-electron chi connectivity index (χ2n) is 4.40. The van der Waals surface area contributed by atoms with Gasteiger partial charge in [-0.1, -0.05) is 6.92 Å². The lowest BCUT2D eigenvalue weighted by molar-refractivity contribution is -0.185. The Kier molecular flexibility index (Phi) is 4.98. The lowest BCUT2D eigenvalue weighted by atomic mass is 9.97. The monoisotopic (exact) mass is 269 g/mol. The fourth-order valence-electron chi connectivity index (χ4n) is 2.31. The van der Waals surface area contributed by atoms with Crippen molar-refractivity contribution in [2.75, 3.05) is 20.3 Å². The summed E-state index contributed by atoms with van der Waals surface area (Å²) in [5.74, 6) is -0.442. The van der Waals surface area contributed by atoms with Crippen LogP contribution in [0.3, 0.4) is 0 Å². The van der Waals surface area contributed by atoms with Crippen molar-refractivity contribution in [1.29, 1.82) is 0 Å². The molecule has 2 unspecified atom stereocenters. The van der Waals surface area contributed by atoms with Gasteiger partial charge in [0.05, 0.1) is 13.2 Å². The normalized spacial score (nSPS) is 28.4. The molecule has 0 aromatic heterocycles. The van der Waals surface area contributed by atoms with E-state index in [1.54, 1.807) is 0 Å². The van der Waals surface area contributed by atoms with E-state index < -0.39 is 30.4 Å². The smallest absolute Gasteiger partial charge is 0.411 e. The van der Waals surface area contributed by atoms with E-state index >= 15 is 0 Å². The van der Waals surface area contributed by atoms with Crippen LogP contribution in [0.25, 0.3) is 0 Å². The number of esters is 1. The average molecular weight is 269 g/mol.